The van der Waals surface area contributed by atoms with Gasteiger partial charge in [-0.15, -0.1) is 10.0 Å². The van der Waals surface area contributed by atoms with Crippen molar-refractivity contribution >= 4 is 53.6 Å². The number of hydrogen-bond acceptors (Lipinski definition) is 3. The zero-order valence-corrected chi connectivity index (χ0v) is 35.2. The summed E-state index contributed by atoms with van der Waals surface area (Å²) in [6.45, 7) is 0. The maximum absolute atomic E-state index is 5.12. The molecule has 0 spiro atoms. The van der Waals surface area contributed by atoms with Crippen LogP contribution in [0.25, 0.3) is 83.5 Å². The SMILES string of the molecule is C1=CC(S(c2ccccc2)(c2ccccc2)c2ccc3c(c2)c2ccc4c5ccccc5[nH]c4c2n3-c2cccc(-c3nc(-c4ccccc4)nc(-c4ccccc4)n3)c2)=CCC1. The summed E-state index contributed by atoms with van der Waals surface area (Å²) in [5.74, 6) is 1.90. The van der Waals surface area contributed by atoms with Crippen LogP contribution >= 0.6 is 10.0 Å². The highest BCUT2D eigenvalue weighted by Crippen LogP contribution is 2.74. The Labute approximate surface area is 367 Å². The Kier molecular flexibility index (Phi) is 8.97. The third-order valence-corrected chi connectivity index (χ3v) is 16.2. The Morgan fingerprint density at radius 3 is 1.68 bits per heavy atom. The van der Waals surface area contributed by atoms with E-state index in [0.717, 1.165) is 57.3 Å². The van der Waals surface area contributed by atoms with Crippen molar-refractivity contribution in [2.24, 2.45) is 0 Å². The van der Waals surface area contributed by atoms with E-state index in [4.69, 9.17) is 15.0 Å². The molecular formula is C57H41N5S. The summed E-state index contributed by atoms with van der Waals surface area (Å²) in [6, 6.07) is 71.8. The molecule has 0 amide bonds. The lowest BCUT2D eigenvalue weighted by atomic mass is 10.1. The molecule has 63 heavy (non-hydrogen) atoms. The summed E-state index contributed by atoms with van der Waals surface area (Å²) < 4.78 is 2.44. The summed E-state index contributed by atoms with van der Waals surface area (Å²) >= 11 is 0. The number of para-hydroxylation sites is 1. The van der Waals surface area contributed by atoms with Crippen LogP contribution in [0.2, 0.25) is 0 Å². The predicted molar refractivity (Wildman–Crippen MR) is 262 cm³/mol. The molecular weight excluding hydrogens is 787 g/mol. The van der Waals surface area contributed by atoms with Crippen LogP contribution in [0.3, 0.4) is 0 Å². The topological polar surface area (TPSA) is 59.4 Å². The van der Waals surface area contributed by atoms with Crippen LogP contribution in [-0.4, -0.2) is 24.5 Å². The van der Waals surface area contributed by atoms with Crippen molar-refractivity contribution in [1.82, 2.24) is 24.5 Å². The molecule has 0 saturated heterocycles. The molecule has 3 aromatic heterocycles. The molecule has 6 heteroatoms. The molecule has 8 aromatic carbocycles. The average molecular weight is 828 g/mol. The zero-order chi connectivity index (χ0) is 41.7. The fourth-order valence-electron chi connectivity index (χ4n) is 9.46. The van der Waals surface area contributed by atoms with Gasteiger partial charge in [0.2, 0.25) is 0 Å². The smallest absolute Gasteiger partial charge is 0.164 e. The second-order valence-corrected chi connectivity index (χ2v) is 19.1. The molecule has 0 fully saturated rings. The quantitative estimate of drug-likeness (QED) is 0.166. The van der Waals surface area contributed by atoms with E-state index < -0.39 is 10.0 Å². The van der Waals surface area contributed by atoms with Gasteiger partial charge in [0.15, 0.2) is 17.5 Å². The van der Waals surface area contributed by atoms with E-state index in [1.807, 2.05) is 36.4 Å². The van der Waals surface area contributed by atoms with Gasteiger partial charge in [-0.1, -0.05) is 158 Å². The van der Waals surface area contributed by atoms with Gasteiger partial charge in [0.25, 0.3) is 0 Å². The first-order valence-electron chi connectivity index (χ1n) is 21.5. The number of rotatable bonds is 8. The van der Waals surface area contributed by atoms with E-state index in [1.165, 1.54) is 41.1 Å². The molecule has 0 radical (unpaired) electrons. The molecule has 0 saturated carbocycles. The number of aromatic nitrogens is 5. The molecule has 1 aliphatic rings. The molecule has 0 unspecified atom stereocenters. The molecule has 1 aliphatic carbocycles. The molecule has 300 valence electrons. The first kappa shape index (κ1) is 37.0. The van der Waals surface area contributed by atoms with Crippen LogP contribution in [-0.2, 0) is 0 Å². The van der Waals surface area contributed by atoms with Crippen LogP contribution < -0.4 is 0 Å². The lowest BCUT2D eigenvalue weighted by Gasteiger charge is -2.43. The Hall–Kier alpha value is -7.80. The fourth-order valence-corrected chi connectivity index (χ4v) is 13.5. The number of benzene rings is 8. The van der Waals surface area contributed by atoms with Crippen molar-refractivity contribution in [2.45, 2.75) is 27.5 Å². The summed E-state index contributed by atoms with van der Waals surface area (Å²) in [5.41, 5.74) is 8.31. The van der Waals surface area contributed by atoms with Gasteiger partial charge in [-0.3, -0.25) is 0 Å². The van der Waals surface area contributed by atoms with Gasteiger partial charge in [-0.25, -0.2) is 15.0 Å². The van der Waals surface area contributed by atoms with E-state index in [0.29, 0.717) is 17.5 Å². The average Bonchev–Trinajstić information content (AvgIpc) is 3.92. The lowest BCUT2D eigenvalue weighted by molar-refractivity contribution is 1.03. The minimum absolute atomic E-state index is 0.622. The van der Waals surface area contributed by atoms with E-state index in [1.54, 1.807) is 0 Å². The number of fused-ring (bicyclic) bond motifs is 7. The van der Waals surface area contributed by atoms with Gasteiger partial charge >= 0.3 is 0 Å². The van der Waals surface area contributed by atoms with Crippen LogP contribution in [0.5, 0.6) is 0 Å². The van der Waals surface area contributed by atoms with E-state index in [2.05, 4.69) is 192 Å². The number of hydrogen-bond donors (Lipinski definition) is 1. The molecule has 12 rings (SSSR count). The van der Waals surface area contributed by atoms with Crippen LogP contribution in [0.4, 0.5) is 0 Å². The van der Waals surface area contributed by atoms with E-state index in [-0.39, 0.29) is 0 Å². The van der Waals surface area contributed by atoms with E-state index in [9.17, 15) is 0 Å². The first-order chi connectivity index (χ1) is 31.2. The van der Waals surface area contributed by atoms with Gasteiger partial charge in [-0.05, 0) is 78.4 Å². The van der Waals surface area contributed by atoms with Crippen LogP contribution in [0.1, 0.15) is 12.8 Å². The van der Waals surface area contributed by atoms with Gasteiger partial charge in [-0.2, -0.15) is 0 Å². The Morgan fingerprint density at radius 2 is 1.03 bits per heavy atom. The molecule has 0 atom stereocenters. The standard InChI is InChI=1S/C57H41N5S/c1-6-19-39(20-7-1)55-59-56(40-21-8-2-9-22-40)61-57(60-55)41-23-18-24-42(37-41)62-52-36-33-46(38-50(52)49-35-34-48-47-31-16-17-32-51(47)58-53(48)54(49)62)63(43-25-10-3-11-26-43,44-27-12-4-13-28-44)45-29-14-5-15-30-45/h1-4,6-14,16-38,58H,5,15H2. The molecule has 1 N–H and O–H groups in total. The number of H-pyrrole nitrogens is 1. The van der Waals surface area contributed by atoms with Gasteiger partial charge in [0.05, 0.1) is 16.6 Å². The molecule has 11 aromatic rings. The third kappa shape index (κ3) is 6.13. The molecule has 0 bridgehead atoms. The minimum atomic E-state index is -1.87. The Morgan fingerprint density at radius 1 is 0.444 bits per heavy atom. The number of nitrogens with zero attached hydrogens (tertiary/aromatic N) is 4. The third-order valence-electron chi connectivity index (χ3n) is 12.3. The Bertz CT molecular complexity index is 3460. The van der Waals surface area contributed by atoms with Gasteiger partial charge < -0.3 is 9.55 Å². The Balaban J connectivity index is 1.13. The van der Waals surface area contributed by atoms with Crippen LogP contribution in [0.15, 0.2) is 238 Å². The number of allylic oxidation sites excluding steroid dienone is 3. The van der Waals surface area contributed by atoms with Crippen molar-refractivity contribution < 1.29 is 0 Å². The largest absolute Gasteiger partial charge is 0.353 e. The van der Waals surface area contributed by atoms with Crippen molar-refractivity contribution in [2.75, 3.05) is 0 Å². The second kappa shape index (κ2) is 15.3. The second-order valence-electron chi connectivity index (χ2n) is 16.0. The first-order valence-corrected chi connectivity index (χ1v) is 23.1. The van der Waals surface area contributed by atoms with Crippen LogP contribution in [0, 0.1) is 0 Å². The summed E-state index contributed by atoms with van der Waals surface area (Å²) in [7, 11) is -1.87. The molecule has 0 aliphatic heterocycles. The maximum atomic E-state index is 5.12. The number of nitrogens with one attached hydrogen (secondary N) is 1. The van der Waals surface area contributed by atoms with Crippen molar-refractivity contribution in [3.8, 4) is 39.9 Å². The number of aromatic amines is 1. The van der Waals surface area contributed by atoms with Gasteiger partial charge in [0.1, 0.15) is 0 Å². The van der Waals surface area contributed by atoms with Crippen molar-refractivity contribution in [3.05, 3.63) is 223 Å². The summed E-state index contributed by atoms with van der Waals surface area (Å²) in [6.07, 6.45) is 9.30. The minimum Gasteiger partial charge on any atom is -0.353 e. The fraction of sp³-hybridized carbons (Fsp3) is 0.0351. The summed E-state index contributed by atoms with van der Waals surface area (Å²) in [4.78, 5) is 24.4. The molecule has 5 nitrogen and oxygen atoms in total. The summed E-state index contributed by atoms with van der Waals surface area (Å²) in [5, 5.41) is 4.80. The lowest BCUT2D eigenvalue weighted by Crippen LogP contribution is -2.07. The monoisotopic (exact) mass is 827 g/mol. The highest BCUT2D eigenvalue weighted by atomic mass is 32.3. The van der Waals surface area contributed by atoms with Crippen molar-refractivity contribution in [1.29, 1.82) is 0 Å². The zero-order valence-electron chi connectivity index (χ0n) is 34.4. The predicted octanol–water partition coefficient (Wildman–Crippen LogP) is 15.1. The highest BCUT2D eigenvalue weighted by Gasteiger charge is 2.35. The van der Waals surface area contributed by atoms with E-state index >= 15 is 0 Å². The normalized spacial score (nSPS) is 13.2. The maximum Gasteiger partial charge on any atom is 0.164 e. The van der Waals surface area contributed by atoms with Gasteiger partial charge in [0, 0.05) is 64.1 Å². The highest BCUT2D eigenvalue weighted by molar-refractivity contribution is 8.37. The molecule has 3 heterocycles. The van der Waals surface area contributed by atoms with Crippen molar-refractivity contribution in [3.63, 3.8) is 0 Å².